The molecule has 0 aliphatic rings. The zero-order chi connectivity index (χ0) is 17.5. The molecule has 0 atom stereocenters. The highest BCUT2D eigenvalue weighted by Crippen LogP contribution is 2.25. The van der Waals surface area contributed by atoms with Gasteiger partial charge in [-0.15, -0.1) is 0 Å². The third-order valence-corrected chi connectivity index (χ3v) is 3.61. The largest absolute Gasteiger partial charge is 0.383 e. The first kappa shape index (κ1) is 18.1. The van der Waals surface area contributed by atoms with Crippen LogP contribution in [0.5, 0.6) is 0 Å². The Kier molecular flexibility index (Phi) is 6.46. The molecule has 2 aromatic rings. The summed E-state index contributed by atoms with van der Waals surface area (Å²) in [6.07, 6.45) is 0.267. The normalized spacial score (nSPS) is 10.1. The zero-order valence-corrected chi connectivity index (χ0v) is 14.5. The monoisotopic (exact) mass is 365 g/mol. The van der Waals surface area contributed by atoms with Crippen LogP contribution < -0.4 is 16.0 Å². The summed E-state index contributed by atoms with van der Waals surface area (Å²) in [7, 11) is 0. The van der Waals surface area contributed by atoms with Crippen molar-refractivity contribution in [2.24, 2.45) is 0 Å². The Hall–Kier alpha value is -2.24. The Bertz CT molecular complexity index is 750. The molecule has 0 fully saturated rings. The number of amides is 2. The predicted molar refractivity (Wildman–Crippen MR) is 98.9 cm³/mol. The minimum absolute atomic E-state index is 0.146. The van der Waals surface area contributed by atoms with Gasteiger partial charge in [-0.1, -0.05) is 29.3 Å². The quantitative estimate of drug-likeness (QED) is 0.710. The lowest BCUT2D eigenvalue weighted by Crippen LogP contribution is -2.16. The molecule has 0 heterocycles. The highest BCUT2D eigenvalue weighted by Gasteiger charge is 2.05. The van der Waals surface area contributed by atoms with Gasteiger partial charge in [-0.05, 0) is 36.4 Å². The summed E-state index contributed by atoms with van der Waals surface area (Å²) in [5, 5.41) is 9.60. The van der Waals surface area contributed by atoms with Crippen LogP contribution in [0.4, 0.5) is 17.1 Å². The molecule has 2 rings (SSSR count). The second kappa shape index (κ2) is 8.57. The van der Waals surface area contributed by atoms with Gasteiger partial charge in [0.1, 0.15) is 0 Å². The van der Waals surface area contributed by atoms with Gasteiger partial charge in [0.2, 0.25) is 11.8 Å². The van der Waals surface area contributed by atoms with E-state index in [0.717, 1.165) is 5.69 Å². The summed E-state index contributed by atoms with van der Waals surface area (Å²) in [6, 6.07) is 12.1. The lowest BCUT2D eigenvalue weighted by atomic mass is 10.2. The number of hydrogen-bond acceptors (Lipinski definition) is 3. The van der Waals surface area contributed by atoms with E-state index in [9.17, 15) is 9.59 Å². The maximum absolute atomic E-state index is 12.0. The number of halogens is 2. The van der Waals surface area contributed by atoms with Crippen molar-refractivity contribution in [3.05, 3.63) is 52.5 Å². The van der Waals surface area contributed by atoms with E-state index in [-0.39, 0.29) is 18.2 Å². The molecule has 7 heteroatoms. The summed E-state index contributed by atoms with van der Waals surface area (Å²) in [4.78, 5) is 23.0. The van der Waals surface area contributed by atoms with Crippen LogP contribution in [0.1, 0.15) is 13.3 Å². The second-order valence-corrected chi connectivity index (χ2v) is 5.95. The smallest absolute Gasteiger partial charge is 0.226 e. The fourth-order valence-corrected chi connectivity index (χ4v) is 2.52. The topological polar surface area (TPSA) is 70.2 Å². The average Bonchev–Trinajstić information content (AvgIpc) is 2.49. The van der Waals surface area contributed by atoms with Crippen molar-refractivity contribution in [3.63, 3.8) is 0 Å². The van der Waals surface area contributed by atoms with Crippen LogP contribution in [0.3, 0.4) is 0 Å². The minimum Gasteiger partial charge on any atom is -0.383 e. The molecule has 126 valence electrons. The molecule has 0 saturated carbocycles. The summed E-state index contributed by atoms with van der Waals surface area (Å²) in [5.74, 6) is -0.310. The van der Waals surface area contributed by atoms with Crippen molar-refractivity contribution >= 4 is 52.1 Å². The predicted octanol–water partition coefficient (Wildman–Crippen LogP) is 4.39. The molecule has 0 aromatic heterocycles. The number of benzene rings is 2. The lowest BCUT2D eigenvalue weighted by Gasteiger charge is -2.10. The summed E-state index contributed by atoms with van der Waals surface area (Å²) >= 11 is 11.9. The fraction of sp³-hybridized carbons (Fsp3) is 0.176. The van der Waals surface area contributed by atoms with E-state index in [1.165, 1.54) is 6.92 Å². The van der Waals surface area contributed by atoms with Crippen molar-refractivity contribution < 1.29 is 9.59 Å². The Balaban J connectivity index is 1.84. The van der Waals surface area contributed by atoms with Crippen molar-refractivity contribution in [2.75, 3.05) is 22.5 Å². The van der Waals surface area contributed by atoms with Gasteiger partial charge in [-0.25, -0.2) is 0 Å². The number of anilines is 3. The van der Waals surface area contributed by atoms with Gasteiger partial charge in [0.15, 0.2) is 0 Å². The summed E-state index contributed by atoms with van der Waals surface area (Å²) in [5.41, 5.74) is 1.98. The molecular formula is C17H17Cl2N3O2. The molecule has 0 saturated heterocycles. The SMILES string of the molecule is CC(=O)Nc1cccc(NC(=O)CCNc2ccc(Cl)cc2Cl)c1. The number of nitrogens with one attached hydrogen (secondary N) is 3. The van der Waals surface area contributed by atoms with Crippen molar-refractivity contribution in [1.82, 2.24) is 0 Å². The van der Waals surface area contributed by atoms with Crippen molar-refractivity contribution in [3.8, 4) is 0 Å². The molecule has 0 spiro atoms. The molecule has 3 N–H and O–H groups in total. The van der Waals surface area contributed by atoms with Crippen molar-refractivity contribution in [1.29, 1.82) is 0 Å². The van der Waals surface area contributed by atoms with E-state index in [2.05, 4.69) is 16.0 Å². The Morgan fingerprint density at radius 3 is 2.38 bits per heavy atom. The fourth-order valence-electron chi connectivity index (χ4n) is 2.04. The first-order valence-electron chi connectivity index (χ1n) is 7.30. The molecule has 0 unspecified atom stereocenters. The molecule has 2 aromatic carbocycles. The number of hydrogen-bond donors (Lipinski definition) is 3. The third kappa shape index (κ3) is 5.76. The number of carbonyl (C=O) groups excluding carboxylic acids is 2. The Morgan fingerprint density at radius 2 is 1.71 bits per heavy atom. The van der Waals surface area contributed by atoms with E-state index in [0.29, 0.717) is 28.0 Å². The summed E-state index contributed by atoms with van der Waals surface area (Å²) in [6.45, 7) is 1.86. The molecule has 5 nitrogen and oxygen atoms in total. The van der Waals surface area contributed by atoms with Gasteiger partial charge in [0, 0.05) is 36.3 Å². The number of carbonyl (C=O) groups is 2. The van der Waals surface area contributed by atoms with Gasteiger partial charge in [0.05, 0.1) is 10.7 Å². The Morgan fingerprint density at radius 1 is 1.00 bits per heavy atom. The minimum atomic E-state index is -0.164. The van der Waals surface area contributed by atoms with Crippen LogP contribution in [-0.2, 0) is 9.59 Å². The second-order valence-electron chi connectivity index (χ2n) is 5.11. The maximum atomic E-state index is 12.0. The molecule has 0 aliphatic heterocycles. The molecule has 0 radical (unpaired) electrons. The van der Waals surface area contributed by atoms with Crippen LogP contribution in [0.2, 0.25) is 10.0 Å². The van der Waals surface area contributed by atoms with E-state index in [1.54, 1.807) is 42.5 Å². The van der Waals surface area contributed by atoms with Gasteiger partial charge < -0.3 is 16.0 Å². The zero-order valence-electron chi connectivity index (χ0n) is 13.0. The van der Waals surface area contributed by atoms with E-state index < -0.39 is 0 Å². The Labute approximate surface area is 150 Å². The van der Waals surface area contributed by atoms with Crippen molar-refractivity contribution in [2.45, 2.75) is 13.3 Å². The highest BCUT2D eigenvalue weighted by atomic mass is 35.5. The molecule has 0 bridgehead atoms. The van der Waals surface area contributed by atoms with Gasteiger partial charge in [-0.2, -0.15) is 0 Å². The van der Waals surface area contributed by atoms with E-state index in [1.807, 2.05) is 0 Å². The van der Waals surface area contributed by atoms with Gasteiger partial charge in [-0.3, -0.25) is 9.59 Å². The lowest BCUT2D eigenvalue weighted by molar-refractivity contribution is -0.116. The van der Waals surface area contributed by atoms with Gasteiger partial charge >= 0.3 is 0 Å². The number of rotatable bonds is 6. The van der Waals surface area contributed by atoms with Crippen LogP contribution in [0.25, 0.3) is 0 Å². The van der Waals surface area contributed by atoms with Crippen LogP contribution in [0.15, 0.2) is 42.5 Å². The summed E-state index contributed by atoms with van der Waals surface area (Å²) < 4.78 is 0. The molecule has 0 aliphatic carbocycles. The van der Waals surface area contributed by atoms with E-state index >= 15 is 0 Å². The first-order chi connectivity index (χ1) is 11.4. The third-order valence-electron chi connectivity index (χ3n) is 3.07. The van der Waals surface area contributed by atoms with Crippen LogP contribution in [-0.4, -0.2) is 18.4 Å². The molecule has 2 amide bonds. The van der Waals surface area contributed by atoms with E-state index in [4.69, 9.17) is 23.2 Å². The molecule has 24 heavy (non-hydrogen) atoms. The standard InChI is InChI=1S/C17H17Cl2N3O2/c1-11(23)21-13-3-2-4-14(10-13)22-17(24)7-8-20-16-6-5-12(18)9-15(16)19/h2-6,9-10,20H,7-8H2,1H3,(H,21,23)(H,22,24). The first-order valence-corrected chi connectivity index (χ1v) is 8.06. The van der Waals surface area contributed by atoms with Crippen LogP contribution in [0, 0.1) is 0 Å². The highest BCUT2D eigenvalue weighted by molar-refractivity contribution is 6.36. The van der Waals surface area contributed by atoms with Crippen LogP contribution >= 0.6 is 23.2 Å². The maximum Gasteiger partial charge on any atom is 0.226 e. The molecular weight excluding hydrogens is 349 g/mol. The van der Waals surface area contributed by atoms with Gasteiger partial charge in [0.25, 0.3) is 0 Å². The average molecular weight is 366 g/mol.